The molecule has 0 aliphatic carbocycles. The molecule has 0 fully saturated rings. The molecule has 0 saturated carbocycles. The van der Waals surface area contributed by atoms with Crippen LogP contribution in [0.5, 0.6) is 0 Å². The molecule has 0 saturated heterocycles. The molecule has 0 bridgehead atoms. The van der Waals surface area contributed by atoms with Crippen LogP contribution in [0.2, 0.25) is 0 Å². The summed E-state index contributed by atoms with van der Waals surface area (Å²) in [5.41, 5.74) is 3.72. The SMILES string of the molecule is CCCc1nc(NN)c(C)c(SCC(C)CC)n1. The summed E-state index contributed by atoms with van der Waals surface area (Å²) in [5, 5.41) is 1.06. The maximum Gasteiger partial charge on any atom is 0.147 e. The molecular weight excluding hydrogens is 244 g/mol. The molecule has 0 radical (unpaired) electrons. The molecule has 0 aliphatic rings. The Hall–Kier alpha value is -0.810. The first-order valence-corrected chi connectivity index (χ1v) is 7.57. The van der Waals surface area contributed by atoms with E-state index in [1.165, 1.54) is 6.42 Å². The number of anilines is 1. The van der Waals surface area contributed by atoms with Crippen LogP contribution in [-0.2, 0) is 6.42 Å². The zero-order valence-electron chi connectivity index (χ0n) is 11.8. The van der Waals surface area contributed by atoms with Crippen LogP contribution in [0.1, 0.15) is 45.0 Å². The second kappa shape index (κ2) is 7.59. The number of thioether (sulfide) groups is 1. The van der Waals surface area contributed by atoms with E-state index in [1.807, 2.05) is 6.92 Å². The van der Waals surface area contributed by atoms with Gasteiger partial charge in [0.1, 0.15) is 16.7 Å². The highest BCUT2D eigenvalue weighted by Crippen LogP contribution is 2.27. The summed E-state index contributed by atoms with van der Waals surface area (Å²) in [6, 6.07) is 0. The molecule has 18 heavy (non-hydrogen) atoms. The van der Waals surface area contributed by atoms with E-state index in [4.69, 9.17) is 5.84 Å². The van der Waals surface area contributed by atoms with Gasteiger partial charge in [0, 0.05) is 17.7 Å². The molecule has 0 amide bonds. The average Bonchev–Trinajstić information content (AvgIpc) is 2.38. The van der Waals surface area contributed by atoms with Gasteiger partial charge in [0.2, 0.25) is 0 Å². The van der Waals surface area contributed by atoms with Crippen molar-refractivity contribution in [2.45, 2.75) is 52.0 Å². The summed E-state index contributed by atoms with van der Waals surface area (Å²) < 4.78 is 0. The van der Waals surface area contributed by atoms with Gasteiger partial charge in [-0.25, -0.2) is 15.8 Å². The average molecular weight is 268 g/mol. The first kappa shape index (κ1) is 15.2. The standard InChI is InChI=1S/C13H24N4S/c1-5-7-11-15-12(17-14)10(4)13(16-11)18-8-9(3)6-2/h9H,5-8,14H2,1-4H3,(H,15,16,17). The maximum absolute atomic E-state index is 5.52. The lowest BCUT2D eigenvalue weighted by atomic mass is 10.2. The topological polar surface area (TPSA) is 63.8 Å². The van der Waals surface area contributed by atoms with Gasteiger partial charge in [0.25, 0.3) is 0 Å². The molecule has 1 aromatic heterocycles. The van der Waals surface area contributed by atoms with Crippen LogP contribution in [0.15, 0.2) is 5.03 Å². The second-order valence-electron chi connectivity index (χ2n) is 4.64. The van der Waals surface area contributed by atoms with Crippen molar-refractivity contribution in [3.63, 3.8) is 0 Å². The number of hydrogen-bond acceptors (Lipinski definition) is 5. The summed E-state index contributed by atoms with van der Waals surface area (Å²) in [4.78, 5) is 9.06. The molecule has 102 valence electrons. The molecule has 0 spiro atoms. The van der Waals surface area contributed by atoms with Crippen molar-refractivity contribution in [1.29, 1.82) is 0 Å². The smallest absolute Gasteiger partial charge is 0.147 e. The van der Waals surface area contributed by atoms with E-state index in [9.17, 15) is 0 Å². The molecule has 3 N–H and O–H groups in total. The van der Waals surface area contributed by atoms with Gasteiger partial charge < -0.3 is 5.43 Å². The zero-order chi connectivity index (χ0) is 13.5. The van der Waals surface area contributed by atoms with E-state index in [-0.39, 0.29) is 0 Å². The third-order valence-electron chi connectivity index (χ3n) is 2.96. The lowest BCUT2D eigenvalue weighted by Gasteiger charge is -2.13. The van der Waals surface area contributed by atoms with Crippen LogP contribution >= 0.6 is 11.8 Å². The molecule has 1 rings (SSSR count). The van der Waals surface area contributed by atoms with E-state index < -0.39 is 0 Å². The second-order valence-corrected chi connectivity index (χ2v) is 5.65. The van der Waals surface area contributed by atoms with Crippen LogP contribution in [0.25, 0.3) is 0 Å². The Morgan fingerprint density at radius 2 is 2.06 bits per heavy atom. The molecule has 1 heterocycles. The van der Waals surface area contributed by atoms with E-state index in [0.29, 0.717) is 5.92 Å². The Balaban J connectivity index is 2.90. The molecule has 0 aliphatic heterocycles. The minimum atomic E-state index is 0.702. The number of aromatic nitrogens is 2. The van der Waals surface area contributed by atoms with Gasteiger partial charge in [-0.2, -0.15) is 0 Å². The molecule has 1 unspecified atom stereocenters. The van der Waals surface area contributed by atoms with E-state index >= 15 is 0 Å². The normalized spacial score (nSPS) is 12.5. The lowest BCUT2D eigenvalue weighted by Crippen LogP contribution is -2.13. The van der Waals surface area contributed by atoms with Crippen molar-refractivity contribution >= 4 is 17.6 Å². The summed E-state index contributed by atoms with van der Waals surface area (Å²) in [6.07, 6.45) is 3.13. The van der Waals surface area contributed by atoms with Crippen molar-refractivity contribution in [1.82, 2.24) is 9.97 Å². The number of hydrazine groups is 1. The van der Waals surface area contributed by atoms with Crippen molar-refractivity contribution in [2.24, 2.45) is 11.8 Å². The highest BCUT2D eigenvalue weighted by atomic mass is 32.2. The lowest BCUT2D eigenvalue weighted by molar-refractivity contribution is 0.636. The van der Waals surface area contributed by atoms with Crippen LogP contribution in [0.4, 0.5) is 5.82 Å². The maximum atomic E-state index is 5.52. The van der Waals surface area contributed by atoms with Crippen LogP contribution in [0.3, 0.4) is 0 Å². The Labute approximate surface area is 114 Å². The minimum Gasteiger partial charge on any atom is -0.308 e. The fourth-order valence-corrected chi connectivity index (χ4v) is 2.66. The largest absolute Gasteiger partial charge is 0.308 e. The molecule has 5 heteroatoms. The van der Waals surface area contributed by atoms with Gasteiger partial charge in [-0.1, -0.05) is 27.2 Å². The first-order chi connectivity index (χ1) is 8.62. The third-order valence-corrected chi connectivity index (χ3v) is 4.37. The molecule has 0 aromatic carbocycles. The van der Waals surface area contributed by atoms with Gasteiger partial charge in [-0.05, 0) is 19.3 Å². The highest BCUT2D eigenvalue weighted by Gasteiger charge is 2.11. The minimum absolute atomic E-state index is 0.702. The van der Waals surface area contributed by atoms with Gasteiger partial charge in [-0.3, -0.25) is 0 Å². The summed E-state index contributed by atoms with van der Waals surface area (Å²) in [6.45, 7) is 8.63. The predicted molar refractivity (Wildman–Crippen MR) is 78.8 cm³/mol. The predicted octanol–water partition coefficient (Wildman–Crippen LogP) is 3.16. The van der Waals surface area contributed by atoms with Gasteiger partial charge >= 0.3 is 0 Å². The number of rotatable bonds is 7. The van der Waals surface area contributed by atoms with Crippen molar-refractivity contribution in [3.05, 3.63) is 11.4 Å². The third kappa shape index (κ3) is 4.14. The van der Waals surface area contributed by atoms with Crippen LogP contribution in [-0.4, -0.2) is 15.7 Å². The number of nitrogen functional groups attached to an aromatic ring is 1. The van der Waals surface area contributed by atoms with E-state index in [2.05, 4.69) is 36.2 Å². The van der Waals surface area contributed by atoms with E-state index in [0.717, 1.165) is 40.8 Å². The number of nitrogens with one attached hydrogen (secondary N) is 1. The quantitative estimate of drug-likeness (QED) is 0.344. The van der Waals surface area contributed by atoms with Gasteiger partial charge in [0.15, 0.2) is 0 Å². The Kier molecular flexibility index (Phi) is 6.43. The first-order valence-electron chi connectivity index (χ1n) is 6.59. The molecule has 4 nitrogen and oxygen atoms in total. The Bertz CT molecular complexity index is 381. The fourth-order valence-electron chi connectivity index (χ4n) is 1.50. The van der Waals surface area contributed by atoms with Gasteiger partial charge in [0.05, 0.1) is 0 Å². The molecular formula is C13H24N4S. The molecule has 1 aromatic rings. The monoisotopic (exact) mass is 268 g/mol. The van der Waals surface area contributed by atoms with Crippen molar-refractivity contribution in [3.8, 4) is 0 Å². The van der Waals surface area contributed by atoms with Crippen LogP contribution < -0.4 is 11.3 Å². The van der Waals surface area contributed by atoms with E-state index in [1.54, 1.807) is 11.8 Å². The fraction of sp³-hybridized carbons (Fsp3) is 0.692. The van der Waals surface area contributed by atoms with Crippen LogP contribution in [0, 0.1) is 12.8 Å². The Morgan fingerprint density at radius 1 is 1.33 bits per heavy atom. The zero-order valence-corrected chi connectivity index (χ0v) is 12.6. The molecule has 1 atom stereocenters. The summed E-state index contributed by atoms with van der Waals surface area (Å²) in [5.74, 6) is 8.93. The number of aryl methyl sites for hydroxylation is 1. The highest BCUT2D eigenvalue weighted by molar-refractivity contribution is 7.99. The number of hydrogen-bond donors (Lipinski definition) is 2. The van der Waals surface area contributed by atoms with Crippen molar-refractivity contribution < 1.29 is 0 Å². The van der Waals surface area contributed by atoms with Crippen molar-refractivity contribution in [2.75, 3.05) is 11.2 Å². The number of nitrogens with zero attached hydrogens (tertiary/aromatic N) is 2. The summed E-state index contributed by atoms with van der Waals surface area (Å²) >= 11 is 1.80. The Morgan fingerprint density at radius 3 is 2.61 bits per heavy atom. The summed E-state index contributed by atoms with van der Waals surface area (Å²) in [7, 11) is 0. The number of nitrogens with two attached hydrogens (primary N) is 1. The van der Waals surface area contributed by atoms with Gasteiger partial charge in [-0.15, -0.1) is 11.8 Å².